The average molecular weight is 520 g/mol. The lowest BCUT2D eigenvalue weighted by Crippen LogP contribution is -2.44. The van der Waals surface area contributed by atoms with Crippen molar-refractivity contribution >= 4 is 46.0 Å². The van der Waals surface area contributed by atoms with E-state index >= 15 is 0 Å². The number of hydrogen-bond acceptors (Lipinski definition) is 6. The van der Waals surface area contributed by atoms with Crippen LogP contribution < -0.4 is 20.1 Å². The van der Waals surface area contributed by atoms with Gasteiger partial charge in [0.25, 0.3) is 11.8 Å². The molecule has 2 heterocycles. The van der Waals surface area contributed by atoms with E-state index in [4.69, 9.17) is 25.8 Å². The Bertz CT molecular complexity index is 1470. The highest BCUT2D eigenvalue weighted by Gasteiger charge is 2.25. The van der Waals surface area contributed by atoms with Gasteiger partial charge in [-0.1, -0.05) is 29.8 Å². The van der Waals surface area contributed by atoms with E-state index in [2.05, 4.69) is 15.6 Å². The Morgan fingerprint density at radius 1 is 1.00 bits per heavy atom. The number of amides is 2. The summed E-state index contributed by atoms with van der Waals surface area (Å²) in [7, 11) is 0. The number of esters is 1. The van der Waals surface area contributed by atoms with Gasteiger partial charge in [-0.05, 0) is 48.0 Å². The molecular formula is C27H22ClN3O6. The summed E-state index contributed by atoms with van der Waals surface area (Å²) in [6.45, 7) is -0.418. The van der Waals surface area contributed by atoms with E-state index in [1.807, 2.05) is 24.3 Å². The lowest BCUT2D eigenvalue weighted by Gasteiger charge is -2.18. The van der Waals surface area contributed by atoms with Gasteiger partial charge in [0.05, 0.1) is 0 Å². The first-order valence-electron chi connectivity index (χ1n) is 11.4. The van der Waals surface area contributed by atoms with E-state index in [0.29, 0.717) is 27.8 Å². The monoisotopic (exact) mass is 519 g/mol. The first kappa shape index (κ1) is 24.2. The largest absolute Gasteiger partial charge is 0.454 e. The van der Waals surface area contributed by atoms with Crippen molar-refractivity contribution in [2.75, 3.05) is 18.7 Å². The molecule has 9 nitrogen and oxygen atoms in total. The van der Waals surface area contributed by atoms with Crippen molar-refractivity contribution in [2.45, 2.75) is 12.5 Å². The van der Waals surface area contributed by atoms with Gasteiger partial charge in [0.1, 0.15) is 6.04 Å². The van der Waals surface area contributed by atoms with Gasteiger partial charge in [0.2, 0.25) is 6.79 Å². The third-order valence-corrected chi connectivity index (χ3v) is 6.05. The SMILES string of the molecule is O=C(COC(=O)[C@@H](Cc1c[nH]c2ccccc12)NC(=O)c1ccc(Cl)cc1)Nc1ccc2c(c1)OCO2. The number of nitrogens with one attached hydrogen (secondary N) is 3. The molecule has 3 N–H and O–H groups in total. The van der Waals surface area contributed by atoms with Crippen LogP contribution in [-0.2, 0) is 20.7 Å². The van der Waals surface area contributed by atoms with Crippen molar-refractivity contribution in [2.24, 2.45) is 0 Å². The van der Waals surface area contributed by atoms with Crippen LogP contribution in [0.25, 0.3) is 10.9 Å². The Morgan fingerprint density at radius 3 is 2.62 bits per heavy atom. The standard InChI is InChI=1S/C27H22ClN3O6/c28-18-7-5-16(6-8-18)26(33)31-22(11-17-13-29-21-4-2-1-3-20(17)21)27(34)35-14-25(32)30-19-9-10-23-24(12-19)37-15-36-23/h1-10,12-13,22,29H,11,14-15H2,(H,30,32)(H,31,33)/t22-/m1/s1. The second-order valence-corrected chi connectivity index (χ2v) is 8.76. The van der Waals surface area contributed by atoms with Crippen LogP contribution in [0.15, 0.2) is 72.9 Å². The zero-order chi connectivity index (χ0) is 25.8. The third-order valence-electron chi connectivity index (χ3n) is 5.80. The summed E-state index contributed by atoms with van der Waals surface area (Å²) < 4.78 is 15.9. The van der Waals surface area contributed by atoms with Crippen LogP contribution in [0.4, 0.5) is 5.69 Å². The fourth-order valence-electron chi connectivity index (χ4n) is 3.97. The summed E-state index contributed by atoms with van der Waals surface area (Å²) in [6, 6.07) is 17.8. The zero-order valence-corrected chi connectivity index (χ0v) is 20.2. The number of hydrogen-bond donors (Lipinski definition) is 3. The molecule has 37 heavy (non-hydrogen) atoms. The Hall–Kier alpha value is -4.50. The van der Waals surface area contributed by atoms with Gasteiger partial charge in [-0.25, -0.2) is 4.79 Å². The first-order valence-corrected chi connectivity index (χ1v) is 11.8. The van der Waals surface area contributed by atoms with Crippen molar-refractivity contribution in [1.82, 2.24) is 10.3 Å². The van der Waals surface area contributed by atoms with E-state index in [1.165, 1.54) is 0 Å². The lowest BCUT2D eigenvalue weighted by molar-refractivity contribution is -0.149. The summed E-state index contributed by atoms with van der Waals surface area (Å²) >= 11 is 5.92. The number of aromatic nitrogens is 1. The Kier molecular flexibility index (Phi) is 6.96. The summed E-state index contributed by atoms with van der Waals surface area (Å²) in [5.41, 5.74) is 2.52. The Morgan fingerprint density at radius 2 is 1.78 bits per heavy atom. The molecule has 0 saturated heterocycles. The second-order valence-electron chi connectivity index (χ2n) is 8.32. The number of anilines is 1. The summed E-state index contributed by atoms with van der Waals surface area (Å²) in [6.07, 6.45) is 1.94. The number of para-hydroxylation sites is 1. The van der Waals surface area contributed by atoms with Crippen LogP contribution >= 0.6 is 11.6 Å². The molecule has 10 heteroatoms. The molecule has 0 spiro atoms. The molecule has 1 aromatic heterocycles. The third kappa shape index (κ3) is 5.68. The average Bonchev–Trinajstić information content (AvgIpc) is 3.54. The van der Waals surface area contributed by atoms with Gasteiger partial charge >= 0.3 is 5.97 Å². The van der Waals surface area contributed by atoms with E-state index < -0.39 is 30.4 Å². The van der Waals surface area contributed by atoms with Crippen LogP contribution in [0.5, 0.6) is 11.5 Å². The van der Waals surface area contributed by atoms with Crippen molar-refractivity contribution in [1.29, 1.82) is 0 Å². The number of fused-ring (bicyclic) bond motifs is 2. The van der Waals surface area contributed by atoms with Crippen LogP contribution in [-0.4, -0.2) is 42.2 Å². The highest BCUT2D eigenvalue weighted by atomic mass is 35.5. The highest BCUT2D eigenvalue weighted by Crippen LogP contribution is 2.34. The summed E-state index contributed by atoms with van der Waals surface area (Å²) in [5, 5.41) is 6.78. The zero-order valence-electron chi connectivity index (χ0n) is 19.5. The number of carbonyl (C=O) groups excluding carboxylic acids is 3. The van der Waals surface area contributed by atoms with Crippen molar-refractivity contribution < 1.29 is 28.6 Å². The fourth-order valence-corrected chi connectivity index (χ4v) is 4.09. The van der Waals surface area contributed by atoms with Gasteiger partial charge in [0, 0.05) is 45.9 Å². The maximum absolute atomic E-state index is 13.1. The molecule has 0 radical (unpaired) electrons. The van der Waals surface area contributed by atoms with Gasteiger partial charge in [0.15, 0.2) is 18.1 Å². The van der Waals surface area contributed by atoms with E-state index in [1.54, 1.807) is 48.7 Å². The predicted octanol–water partition coefficient (Wildman–Crippen LogP) is 4.07. The molecule has 1 atom stereocenters. The first-order chi connectivity index (χ1) is 18.0. The predicted molar refractivity (Wildman–Crippen MR) is 137 cm³/mol. The normalized spacial score (nSPS) is 12.7. The Balaban J connectivity index is 1.27. The van der Waals surface area contributed by atoms with Crippen molar-refractivity contribution in [3.63, 3.8) is 0 Å². The smallest absolute Gasteiger partial charge is 0.329 e. The van der Waals surface area contributed by atoms with Gasteiger partial charge in [-0.3, -0.25) is 9.59 Å². The molecule has 4 aromatic rings. The lowest BCUT2D eigenvalue weighted by atomic mass is 10.0. The van der Waals surface area contributed by atoms with Crippen LogP contribution in [0, 0.1) is 0 Å². The Labute approximate surface area is 216 Å². The molecule has 5 rings (SSSR count). The minimum absolute atomic E-state index is 0.115. The van der Waals surface area contributed by atoms with Crippen LogP contribution in [0.1, 0.15) is 15.9 Å². The maximum atomic E-state index is 13.1. The molecule has 0 aliphatic carbocycles. The van der Waals surface area contributed by atoms with Crippen molar-refractivity contribution in [3.05, 3.63) is 89.1 Å². The molecule has 1 aliphatic rings. The fraction of sp³-hybridized carbons (Fsp3) is 0.148. The molecule has 0 saturated carbocycles. The van der Waals surface area contributed by atoms with Gasteiger partial charge < -0.3 is 29.8 Å². The van der Waals surface area contributed by atoms with E-state index in [-0.39, 0.29) is 13.2 Å². The highest BCUT2D eigenvalue weighted by molar-refractivity contribution is 6.30. The molecular weight excluding hydrogens is 498 g/mol. The molecule has 0 fully saturated rings. The maximum Gasteiger partial charge on any atom is 0.329 e. The van der Waals surface area contributed by atoms with Crippen LogP contribution in [0.3, 0.4) is 0 Å². The minimum Gasteiger partial charge on any atom is -0.454 e. The molecule has 2 amide bonds. The summed E-state index contributed by atoms with van der Waals surface area (Å²) in [5.74, 6) is -0.654. The topological polar surface area (TPSA) is 119 Å². The number of rotatable bonds is 8. The number of carbonyl (C=O) groups is 3. The van der Waals surface area contributed by atoms with Gasteiger partial charge in [-0.2, -0.15) is 0 Å². The minimum atomic E-state index is -1.04. The number of aromatic amines is 1. The van der Waals surface area contributed by atoms with Crippen LogP contribution in [0.2, 0.25) is 5.02 Å². The summed E-state index contributed by atoms with van der Waals surface area (Å²) in [4.78, 5) is 41.5. The van der Waals surface area contributed by atoms with E-state index in [0.717, 1.165) is 16.5 Å². The number of benzene rings is 3. The number of halogens is 1. The quantitative estimate of drug-likeness (QED) is 0.302. The number of H-pyrrole nitrogens is 1. The molecule has 3 aromatic carbocycles. The second kappa shape index (κ2) is 10.6. The molecule has 1 aliphatic heterocycles. The van der Waals surface area contributed by atoms with Gasteiger partial charge in [-0.15, -0.1) is 0 Å². The van der Waals surface area contributed by atoms with E-state index in [9.17, 15) is 14.4 Å². The van der Waals surface area contributed by atoms with Crippen molar-refractivity contribution in [3.8, 4) is 11.5 Å². The number of ether oxygens (including phenoxy) is 3. The molecule has 188 valence electrons. The molecule has 0 bridgehead atoms. The molecule has 0 unspecified atom stereocenters.